The van der Waals surface area contributed by atoms with E-state index < -0.39 is 0 Å². The molecule has 0 aliphatic rings. The first kappa shape index (κ1) is 12.9. The molecule has 0 atom stereocenters. The Balaban J connectivity index is 2.38. The molecule has 0 aliphatic heterocycles. The third kappa shape index (κ3) is 3.04. The number of ether oxygens (including phenoxy) is 2. The van der Waals surface area contributed by atoms with Crippen molar-refractivity contribution < 1.29 is 9.47 Å². The molecule has 0 aliphatic carbocycles. The van der Waals surface area contributed by atoms with Crippen molar-refractivity contribution in [2.45, 2.75) is 13.3 Å². The van der Waals surface area contributed by atoms with E-state index in [2.05, 4.69) is 9.97 Å². The fraction of sp³-hybridized carbons (Fsp3) is 0.231. The van der Waals surface area contributed by atoms with Gasteiger partial charge in [-0.2, -0.15) is 4.98 Å². The summed E-state index contributed by atoms with van der Waals surface area (Å²) in [5.74, 6) is 1.71. The molecule has 0 saturated heterocycles. The number of nitrogen functional groups attached to an aromatic ring is 1. The first-order chi connectivity index (χ1) is 9.12. The molecule has 6 nitrogen and oxygen atoms in total. The lowest BCUT2D eigenvalue weighted by atomic mass is 10.3. The van der Waals surface area contributed by atoms with Crippen LogP contribution in [0, 0.1) is 0 Å². The van der Waals surface area contributed by atoms with E-state index in [4.69, 9.17) is 15.2 Å². The van der Waals surface area contributed by atoms with Gasteiger partial charge >= 0.3 is 0 Å². The van der Waals surface area contributed by atoms with Crippen molar-refractivity contribution in [1.82, 2.24) is 9.97 Å². The Bertz CT molecular complexity index is 637. The van der Waals surface area contributed by atoms with Crippen LogP contribution < -0.4 is 20.8 Å². The fourth-order valence-corrected chi connectivity index (χ4v) is 1.59. The van der Waals surface area contributed by atoms with Crippen molar-refractivity contribution in [2.24, 2.45) is 0 Å². The second kappa shape index (κ2) is 5.43. The SMILES string of the molecule is CCc1nc(Oc2cc(N)ccc2OC)cc(=O)[nH]1. The van der Waals surface area contributed by atoms with E-state index in [1.165, 1.54) is 13.2 Å². The van der Waals surface area contributed by atoms with Crippen LogP contribution in [0.25, 0.3) is 0 Å². The van der Waals surface area contributed by atoms with Crippen LogP contribution in [0.4, 0.5) is 5.69 Å². The molecule has 6 heteroatoms. The summed E-state index contributed by atoms with van der Waals surface area (Å²) < 4.78 is 10.7. The summed E-state index contributed by atoms with van der Waals surface area (Å²) in [4.78, 5) is 18.2. The van der Waals surface area contributed by atoms with E-state index in [9.17, 15) is 4.79 Å². The van der Waals surface area contributed by atoms with Crippen molar-refractivity contribution in [3.05, 3.63) is 40.4 Å². The van der Waals surface area contributed by atoms with Crippen LogP contribution in [-0.2, 0) is 6.42 Å². The Kier molecular flexibility index (Phi) is 3.70. The molecule has 2 aromatic rings. The molecular weight excluding hydrogens is 246 g/mol. The molecule has 0 bridgehead atoms. The molecule has 0 spiro atoms. The lowest BCUT2D eigenvalue weighted by Crippen LogP contribution is -2.10. The van der Waals surface area contributed by atoms with Gasteiger partial charge in [0.05, 0.1) is 13.2 Å². The molecule has 100 valence electrons. The minimum absolute atomic E-state index is 0.213. The van der Waals surface area contributed by atoms with Crippen molar-refractivity contribution in [1.29, 1.82) is 0 Å². The lowest BCUT2D eigenvalue weighted by molar-refractivity contribution is 0.373. The maximum absolute atomic E-state index is 11.5. The molecule has 0 unspecified atom stereocenters. The molecule has 1 heterocycles. The highest BCUT2D eigenvalue weighted by atomic mass is 16.5. The number of benzene rings is 1. The summed E-state index contributed by atoms with van der Waals surface area (Å²) in [7, 11) is 1.53. The lowest BCUT2D eigenvalue weighted by Gasteiger charge is -2.10. The number of aromatic amines is 1. The van der Waals surface area contributed by atoms with Gasteiger partial charge in [0.25, 0.3) is 5.56 Å². The smallest absolute Gasteiger partial charge is 0.254 e. The van der Waals surface area contributed by atoms with Crippen LogP contribution in [0.3, 0.4) is 0 Å². The van der Waals surface area contributed by atoms with E-state index in [1.54, 1.807) is 18.2 Å². The summed E-state index contributed by atoms with van der Waals surface area (Å²) in [5.41, 5.74) is 5.98. The highest BCUT2D eigenvalue weighted by Gasteiger charge is 2.08. The molecule has 3 N–H and O–H groups in total. The van der Waals surface area contributed by atoms with Crippen LogP contribution in [-0.4, -0.2) is 17.1 Å². The molecule has 0 amide bonds. The fourth-order valence-electron chi connectivity index (χ4n) is 1.59. The van der Waals surface area contributed by atoms with Crippen LogP contribution in [0.5, 0.6) is 17.4 Å². The van der Waals surface area contributed by atoms with E-state index in [-0.39, 0.29) is 11.4 Å². The van der Waals surface area contributed by atoms with Gasteiger partial charge in [0, 0.05) is 18.2 Å². The number of nitrogens with one attached hydrogen (secondary N) is 1. The Morgan fingerprint density at radius 3 is 2.79 bits per heavy atom. The van der Waals surface area contributed by atoms with E-state index >= 15 is 0 Å². The summed E-state index contributed by atoms with van der Waals surface area (Å²) in [6.45, 7) is 1.89. The first-order valence-electron chi connectivity index (χ1n) is 5.84. The quantitative estimate of drug-likeness (QED) is 0.818. The second-order valence-corrected chi connectivity index (χ2v) is 3.90. The van der Waals surface area contributed by atoms with Gasteiger partial charge in [-0.15, -0.1) is 0 Å². The number of rotatable bonds is 4. The highest BCUT2D eigenvalue weighted by Crippen LogP contribution is 2.32. The van der Waals surface area contributed by atoms with Crippen molar-refractivity contribution >= 4 is 5.69 Å². The Hall–Kier alpha value is -2.50. The minimum atomic E-state index is -0.260. The number of aromatic nitrogens is 2. The molecule has 0 fully saturated rings. The average Bonchev–Trinajstić information content (AvgIpc) is 2.38. The van der Waals surface area contributed by atoms with Gasteiger partial charge in [-0.25, -0.2) is 0 Å². The van der Waals surface area contributed by atoms with Gasteiger partial charge in [0.15, 0.2) is 11.5 Å². The van der Waals surface area contributed by atoms with Gasteiger partial charge in [-0.1, -0.05) is 6.92 Å². The monoisotopic (exact) mass is 261 g/mol. The molecule has 0 radical (unpaired) electrons. The van der Waals surface area contributed by atoms with E-state index in [1.807, 2.05) is 6.92 Å². The Morgan fingerprint density at radius 1 is 1.32 bits per heavy atom. The summed E-state index contributed by atoms with van der Waals surface area (Å²) in [6, 6.07) is 6.29. The summed E-state index contributed by atoms with van der Waals surface area (Å²) in [6.07, 6.45) is 0.612. The Labute approximate surface area is 110 Å². The number of nitrogens with two attached hydrogens (primary N) is 1. The number of anilines is 1. The predicted octanol–water partition coefficient (Wildman–Crippen LogP) is 1.72. The predicted molar refractivity (Wildman–Crippen MR) is 71.7 cm³/mol. The zero-order valence-electron chi connectivity index (χ0n) is 10.8. The van der Waals surface area contributed by atoms with Crippen LogP contribution in [0.2, 0.25) is 0 Å². The van der Waals surface area contributed by atoms with E-state index in [0.717, 1.165) is 0 Å². The van der Waals surface area contributed by atoms with Gasteiger partial charge in [0.2, 0.25) is 5.88 Å². The number of hydrogen-bond donors (Lipinski definition) is 2. The van der Waals surface area contributed by atoms with Crippen LogP contribution in [0.15, 0.2) is 29.1 Å². The molecule has 19 heavy (non-hydrogen) atoms. The highest BCUT2D eigenvalue weighted by molar-refractivity contribution is 5.52. The normalized spacial score (nSPS) is 10.2. The molecule has 1 aromatic carbocycles. The maximum atomic E-state index is 11.5. The first-order valence-corrected chi connectivity index (χ1v) is 5.84. The van der Waals surface area contributed by atoms with Gasteiger partial charge in [0.1, 0.15) is 5.82 Å². The third-order valence-electron chi connectivity index (χ3n) is 2.50. The average molecular weight is 261 g/mol. The number of H-pyrrole nitrogens is 1. The largest absolute Gasteiger partial charge is 0.493 e. The molecule has 0 saturated carbocycles. The zero-order valence-corrected chi connectivity index (χ0v) is 10.8. The topological polar surface area (TPSA) is 90.2 Å². The summed E-state index contributed by atoms with van der Waals surface area (Å²) in [5, 5.41) is 0. The van der Waals surface area contributed by atoms with Crippen molar-refractivity contribution in [3.63, 3.8) is 0 Å². The standard InChI is InChI=1S/C13H15N3O3/c1-3-11-15-12(17)7-13(16-11)19-10-6-8(14)4-5-9(10)18-2/h4-7H,3,14H2,1-2H3,(H,15,16,17). The Morgan fingerprint density at radius 2 is 2.11 bits per heavy atom. The third-order valence-corrected chi connectivity index (χ3v) is 2.50. The molecular formula is C13H15N3O3. The van der Waals surface area contributed by atoms with Gasteiger partial charge < -0.3 is 20.2 Å². The van der Waals surface area contributed by atoms with Crippen molar-refractivity contribution in [2.75, 3.05) is 12.8 Å². The second-order valence-electron chi connectivity index (χ2n) is 3.90. The van der Waals surface area contributed by atoms with Crippen LogP contribution in [0.1, 0.15) is 12.7 Å². The van der Waals surface area contributed by atoms with Gasteiger partial charge in [-0.3, -0.25) is 4.79 Å². The molecule has 2 rings (SSSR count). The molecule has 1 aromatic heterocycles. The number of nitrogens with zero attached hydrogens (tertiary/aromatic N) is 1. The number of hydrogen-bond acceptors (Lipinski definition) is 5. The van der Waals surface area contributed by atoms with E-state index in [0.29, 0.717) is 29.4 Å². The summed E-state index contributed by atoms with van der Waals surface area (Å²) >= 11 is 0. The minimum Gasteiger partial charge on any atom is -0.493 e. The maximum Gasteiger partial charge on any atom is 0.254 e. The number of aryl methyl sites for hydroxylation is 1. The van der Waals surface area contributed by atoms with Crippen molar-refractivity contribution in [3.8, 4) is 17.4 Å². The van der Waals surface area contributed by atoms with Crippen LogP contribution >= 0.6 is 0 Å². The van der Waals surface area contributed by atoms with Gasteiger partial charge in [-0.05, 0) is 12.1 Å². The zero-order chi connectivity index (χ0) is 13.8. The number of methoxy groups -OCH3 is 1.